The van der Waals surface area contributed by atoms with Crippen molar-refractivity contribution in [2.45, 2.75) is 20.8 Å². The summed E-state index contributed by atoms with van der Waals surface area (Å²) < 4.78 is 0. The molecule has 0 unspecified atom stereocenters. The van der Waals surface area contributed by atoms with Crippen molar-refractivity contribution in [3.63, 3.8) is 0 Å². The SMILES string of the molecule is Cc1cccc(-c2sc(C#N)c(N)c2C)c1C. The summed E-state index contributed by atoms with van der Waals surface area (Å²) in [6, 6.07) is 8.37. The quantitative estimate of drug-likeness (QED) is 0.827. The fraction of sp³-hybridized carbons (Fsp3) is 0.214. The number of hydrogen-bond donors (Lipinski definition) is 1. The van der Waals surface area contributed by atoms with Gasteiger partial charge in [0.1, 0.15) is 10.9 Å². The molecule has 17 heavy (non-hydrogen) atoms. The summed E-state index contributed by atoms with van der Waals surface area (Å²) in [6.07, 6.45) is 0. The molecule has 0 bridgehead atoms. The first kappa shape index (κ1) is 11.7. The van der Waals surface area contributed by atoms with Crippen molar-refractivity contribution < 1.29 is 0 Å². The zero-order chi connectivity index (χ0) is 12.6. The minimum absolute atomic E-state index is 0.610. The minimum atomic E-state index is 0.610. The molecule has 2 nitrogen and oxygen atoms in total. The second-order valence-electron chi connectivity index (χ2n) is 4.16. The number of anilines is 1. The summed E-state index contributed by atoms with van der Waals surface area (Å²) in [4.78, 5) is 1.72. The van der Waals surface area contributed by atoms with E-state index in [9.17, 15) is 0 Å². The first-order valence-corrected chi connectivity index (χ1v) is 6.23. The van der Waals surface area contributed by atoms with E-state index in [1.54, 1.807) is 0 Å². The molecular formula is C14H14N2S. The third-order valence-electron chi connectivity index (χ3n) is 3.14. The highest BCUT2D eigenvalue weighted by Gasteiger charge is 2.15. The molecule has 1 aromatic heterocycles. The molecule has 0 fully saturated rings. The number of hydrogen-bond acceptors (Lipinski definition) is 3. The molecule has 1 aromatic carbocycles. The van der Waals surface area contributed by atoms with Crippen LogP contribution in [-0.4, -0.2) is 0 Å². The Morgan fingerprint density at radius 1 is 1.18 bits per heavy atom. The molecule has 0 saturated carbocycles. The lowest BCUT2D eigenvalue weighted by Crippen LogP contribution is -1.89. The Morgan fingerprint density at radius 2 is 1.88 bits per heavy atom. The van der Waals surface area contributed by atoms with Crippen LogP contribution in [0.3, 0.4) is 0 Å². The van der Waals surface area contributed by atoms with Crippen LogP contribution < -0.4 is 5.73 Å². The van der Waals surface area contributed by atoms with Gasteiger partial charge < -0.3 is 5.73 Å². The Balaban J connectivity index is 2.70. The molecule has 2 aromatic rings. The van der Waals surface area contributed by atoms with E-state index in [4.69, 9.17) is 11.0 Å². The van der Waals surface area contributed by atoms with Crippen molar-refractivity contribution in [2.75, 3.05) is 5.73 Å². The molecule has 0 amide bonds. The van der Waals surface area contributed by atoms with Crippen LogP contribution >= 0.6 is 11.3 Å². The molecule has 0 radical (unpaired) electrons. The van der Waals surface area contributed by atoms with Crippen molar-refractivity contribution in [1.82, 2.24) is 0 Å². The van der Waals surface area contributed by atoms with Gasteiger partial charge in [0.2, 0.25) is 0 Å². The van der Waals surface area contributed by atoms with E-state index in [0.29, 0.717) is 10.6 Å². The Morgan fingerprint density at radius 3 is 2.47 bits per heavy atom. The van der Waals surface area contributed by atoms with Gasteiger partial charge in [0.25, 0.3) is 0 Å². The average Bonchev–Trinajstić information content (AvgIpc) is 2.60. The fourth-order valence-corrected chi connectivity index (χ4v) is 2.97. The highest BCUT2D eigenvalue weighted by molar-refractivity contribution is 7.16. The van der Waals surface area contributed by atoms with Crippen LogP contribution in [0.25, 0.3) is 10.4 Å². The van der Waals surface area contributed by atoms with E-state index in [1.807, 2.05) is 13.0 Å². The van der Waals surface area contributed by atoms with Crippen molar-refractivity contribution in [2.24, 2.45) is 0 Å². The molecule has 3 heteroatoms. The number of rotatable bonds is 1. The highest BCUT2D eigenvalue weighted by atomic mass is 32.1. The van der Waals surface area contributed by atoms with Gasteiger partial charge in [0.15, 0.2) is 0 Å². The summed E-state index contributed by atoms with van der Waals surface area (Å²) in [7, 11) is 0. The predicted octanol–water partition coefficient (Wildman–Crippen LogP) is 3.79. The number of nitrogen functional groups attached to an aromatic ring is 1. The van der Waals surface area contributed by atoms with Gasteiger partial charge in [-0.15, -0.1) is 11.3 Å². The van der Waals surface area contributed by atoms with Crippen molar-refractivity contribution >= 4 is 17.0 Å². The lowest BCUT2D eigenvalue weighted by atomic mass is 10.0. The molecular weight excluding hydrogens is 228 g/mol. The van der Waals surface area contributed by atoms with Crippen LogP contribution in [0.4, 0.5) is 5.69 Å². The first-order valence-electron chi connectivity index (χ1n) is 5.41. The number of nitrogens with zero attached hydrogens (tertiary/aromatic N) is 1. The second kappa shape index (κ2) is 4.23. The lowest BCUT2D eigenvalue weighted by Gasteiger charge is -2.07. The van der Waals surface area contributed by atoms with Gasteiger partial charge in [-0.3, -0.25) is 0 Å². The third kappa shape index (κ3) is 1.81. The first-order chi connectivity index (χ1) is 8.06. The van der Waals surface area contributed by atoms with E-state index in [-0.39, 0.29) is 0 Å². The van der Waals surface area contributed by atoms with E-state index in [2.05, 4.69) is 32.0 Å². The molecule has 0 aliphatic heterocycles. The second-order valence-corrected chi connectivity index (χ2v) is 5.18. The van der Waals surface area contributed by atoms with Crippen LogP contribution in [0.2, 0.25) is 0 Å². The van der Waals surface area contributed by atoms with Gasteiger partial charge in [-0.1, -0.05) is 18.2 Å². The van der Waals surface area contributed by atoms with Crippen molar-refractivity contribution in [3.05, 3.63) is 39.8 Å². The number of nitriles is 1. The Labute approximate surface area is 105 Å². The minimum Gasteiger partial charge on any atom is -0.397 e. The van der Waals surface area contributed by atoms with Crippen LogP contribution in [-0.2, 0) is 0 Å². The zero-order valence-corrected chi connectivity index (χ0v) is 11.0. The molecule has 0 spiro atoms. The predicted molar refractivity (Wildman–Crippen MR) is 73.1 cm³/mol. The van der Waals surface area contributed by atoms with Gasteiger partial charge in [0.05, 0.1) is 5.69 Å². The Hall–Kier alpha value is -1.79. The molecule has 2 rings (SSSR count). The molecule has 0 aliphatic rings. The number of aryl methyl sites for hydroxylation is 1. The topological polar surface area (TPSA) is 49.8 Å². The molecule has 2 N–H and O–H groups in total. The molecule has 0 aliphatic carbocycles. The van der Waals surface area contributed by atoms with Crippen LogP contribution in [0, 0.1) is 32.1 Å². The standard InChI is InChI=1S/C14H14N2S/c1-8-5-4-6-11(9(8)2)14-10(3)13(16)12(7-15)17-14/h4-6H,16H2,1-3H3. The normalized spacial score (nSPS) is 10.2. The third-order valence-corrected chi connectivity index (χ3v) is 4.39. The van der Waals surface area contributed by atoms with Gasteiger partial charge in [-0.25, -0.2) is 0 Å². The fourth-order valence-electron chi connectivity index (χ4n) is 1.86. The maximum absolute atomic E-state index is 9.01. The smallest absolute Gasteiger partial charge is 0.128 e. The monoisotopic (exact) mass is 242 g/mol. The number of nitrogens with two attached hydrogens (primary N) is 1. The highest BCUT2D eigenvalue weighted by Crippen LogP contribution is 2.39. The lowest BCUT2D eigenvalue weighted by molar-refractivity contribution is 1.34. The number of benzene rings is 1. The summed E-state index contributed by atoms with van der Waals surface area (Å²) in [5, 5.41) is 9.01. The summed E-state index contributed by atoms with van der Waals surface area (Å²) in [6.45, 7) is 6.17. The average molecular weight is 242 g/mol. The maximum Gasteiger partial charge on any atom is 0.128 e. The molecule has 86 valence electrons. The van der Waals surface area contributed by atoms with Gasteiger partial charge in [0, 0.05) is 4.88 Å². The maximum atomic E-state index is 9.01. The van der Waals surface area contributed by atoms with Crippen molar-refractivity contribution in [1.29, 1.82) is 5.26 Å². The van der Waals surface area contributed by atoms with Gasteiger partial charge in [-0.2, -0.15) is 5.26 Å². The summed E-state index contributed by atoms with van der Waals surface area (Å²) in [5.74, 6) is 0. The summed E-state index contributed by atoms with van der Waals surface area (Å²) in [5.41, 5.74) is 11.2. The van der Waals surface area contributed by atoms with Gasteiger partial charge >= 0.3 is 0 Å². The summed E-state index contributed by atoms with van der Waals surface area (Å²) >= 11 is 1.48. The van der Waals surface area contributed by atoms with Gasteiger partial charge in [-0.05, 0) is 43.0 Å². The Bertz CT molecular complexity index is 618. The van der Waals surface area contributed by atoms with E-state index in [0.717, 1.165) is 10.4 Å². The zero-order valence-electron chi connectivity index (χ0n) is 10.2. The largest absolute Gasteiger partial charge is 0.397 e. The Kier molecular flexibility index (Phi) is 2.91. The van der Waals surface area contributed by atoms with Crippen LogP contribution in [0.15, 0.2) is 18.2 Å². The molecule has 1 heterocycles. The van der Waals surface area contributed by atoms with E-state index < -0.39 is 0 Å². The molecule has 0 atom stereocenters. The van der Waals surface area contributed by atoms with Crippen LogP contribution in [0.1, 0.15) is 21.6 Å². The molecule has 0 saturated heterocycles. The number of thiophene rings is 1. The van der Waals surface area contributed by atoms with Crippen LogP contribution in [0.5, 0.6) is 0 Å². The van der Waals surface area contributed by atoms with E-state index in [1.165, 1.54) is 28.0 Å². The van der Waals surface area contributed by atoms with Crippen molar-refractivity contribution in [3.8, 4) is 16.5 Å². The van der Waals surface area contributed by atoms with E-state index >= 15 is 0 Å².